The molecule has 0 aliphatic carbocycles. The van der Waals surface area contributed by atoms with E-state index in [0.29, 0.717) is 42.3 Å². The molecule has 11 heteroatoms. The molecule has 0 saturated carbocycles. The van der Waals surface area contributed by atoms with Gasteiger partial charge < -0.3 is 24.1 Å². The van der Waals surface area contributed by atoms with Crippen molar-refractivity contribution in [3.05, 3.63) is 24.7 Å². The van der Waals surface area contributed by atoms with Crippen molar-refractivity contribution in [3.8, 4) is 17.2 Å². The highest BCUT2D eigenvalue weighted by Gasteiger charge is 2.34. The van der Waals surface area contributed by atoms with Crippen molar-refractivity contribution in [1.82, 2.24) is 13.9 Å². The van der Waals surface area contributed by atoms with Crippen LogP contribution in [0.25, 0.3) is 0 Å². The van der Waals surface area contributed by atoms with Crippen molar-refractivity contribution in [3.63, 3.8) is 0 Å². The molecule has 1 aliphatic rings. The van der Waals surface area contributed by atoms with Gasteiger partial charge in [0.15, 0.2) is 16.5 Å². The van der Waals surface area contributed by atoms with Gasteiger partial charge in [-0.15, -0.1) is 0 Å². The summed E-state index contributed by atoms with van der Waals surface area (Å²) >= 11 is 0. The summed E-state index contributed by atoms with van der Waals surface area (Å²) in [5.41, 5.74) is 0.472. The van der Waals surface area contributed by atoms with E-state index in [1.54, 1.807) is 16.7 Å². The zero-order valence-electron chi connectivity index (χ0n) is 19.0. The standard InChI is InChI=1S/C21H30N4O6S/c1-14(2)24-12-19(22-13-24)32(27,28)25-8-6-7-15(11-25)21(26)23-16-9-17(29-3)20(31-5)18(10-16)30-4/h9-10,12-15H,6-8,11H2,1-5H3,(H,23,26). The number of aromatic nitrogens is 2. The first-order chi connectivity index (χ1) is 15.2. The molecule has 2 heterocycles. The van der Waals surface area contributed by atoms with Gasteiger partial charge in [-0.2, -0.15) is 4.31 Å². The molecule has 0 bridgehead atoms. The first kappa shape index (κ1) is 23.9. The molecule has 1 N–H and O–H groups in total. The van der Waals surface area contributed by atoms with Crippen LogP contribution in [-0.2, 0) is 14.8 Å². The lowest BCUT2D eigenvalue weighted by Gasteiger charge is -2.30. The fourth-order valence-corrected chi connectivity index (χ4v) is 5.08. The molecule has 10 nitrogen and oxygen atoms in total. The lowest BCUT2D eigenvalue weighted by Crippen LogP contribution is -2.43. The van der Waals surface area contributed by atoms with Crippen LogP contribution in [0.4, 0.5) is 5.69 Å². The van der Waals surface area contributed by atoms with Gasteiger partial charge in [-0.05, 0) is 26.7 Å². The number of hydrogen-bond donors (Lipinski definition) is 1. The Morgan fingerprint density at radius 1 is 1.16 bits per heavy atom. The number of benzene rings is 1. The third-order valence-electron chi connectivity index (χ3n) is 5.47. The Kier molecular flexibility index (Phi) is 7.29. The van der Waals surface area contributed by atoms with Crippen LogP contribution in [0, 0.1) is 5.92 Å². The second-order valence-corrected chi connectivity index (χ2v) is 9.74. The summed E-state index contributed by atoms with van der Waals surface area (Å²) in [6.07, 6.45) is 4.20. The summed E-state index contributed by atoms with van der Waals surface area (Å²) in [5, 5.41) is 2.84. The summed E-state index contributed by atoms with van der Waals surface area (Å²) in [4.78, 5) is 17.0. The predicted molar refractivity (Wildman–Crippen MR) is 119 cm³/mol. The van der Waals surface area contributed by atoms with Crippen molar-refractivity contribution in [2.24, 2.45) is 5.92 Å². The van der Waals surface area contributed by atoms with Crippen LogP contribution in [0.3, 0.4) is 0 Å². The maximum absolute atomic E-state index is 13.1. The van der Waals surface area contributed by atoms with Gasteiger partial charge in [0.2, 0.25) is 11.7 Å². The number of anilines is 1. The fraction of sp³-hybridized carbons (Fsp3) is 0.524. The molecule has 1 saturated heterocycles. The zero-order valence-corrected chi connectivity index (χ0v) is 19.8. The van der Waals surface area contributed by atoms with E-state index in [2.05, 4.69) is 10.3 Å². The molecule has 1 aromatic heterocycles. The highest BCUT2D eigenvalue weighted by atomic mass is 32.2. The highest BCUT2D eigenvalue weighted by Crippen LogP contribution is 2.40. The van der Waals surface area contributed by atoms with E-state index < -0.39 is 15.9 Å². The van der Waals surface area contributed by atoms with E-state index >= 15 is 0 Å². The van der Waals surface area contributed by atoms with Gasteiger partial charge in [-0.25, -0.2) is 13.4 Å². The Hall–Kier alpha value is -2.79. The second kappa shape index (κ2) is 9.78. The third-order valence-corrected chi connectivity index (χ3v) is 7.22. The minimum Gasteiger partial charge on any atom is -0.493 e. The van der Waals surface area contributed by atoms with Gasteiger partial charge in [0.05, 0.1) is 33.6 Å². The summed E-state index contributed by atoms with van der Waals surface area (Å²) in [6.45, 7) is 4.34. The van der Waals surface area contributed by atoms with Gasteiger partial charge >= 0.3 is 0 Å². The first-order valence-electron chi connectivity index (χ1n) is 10.4. The normalized spacial score (nSPS) is 17.2. The smallest absolute Gasteiger partial charge is 0.262 e. The minimum atomic E-state index is -3.78. The van der Waals surface area contributed by atoms with Crippen molar-refractivity contribution in [2.45, 2.75) is 37.8 Å². The van der Waals surface area contributed by atoms with Crippen LogP contribution in [0.5, 0.6) is 17.2 Å². The summed E-state index contributed by atoms with van der Waals surface area (Å²) in [7, 11) is 0.707. The minimum absolute atomic E-state index is 0.00288. The summed E-state index contributed by atoms with van der Waals surface area (Å²) in [6, 6.07) is 3.37. The number of nitrogens with zero attached hydrogens (tertiary/aromatic N) is 3. The zero-order chi connectivity index (χ0) is 23.5. The molecule has 0 spiro atoms. The van der Waals surface area contributed by atoms with E-state index in [-0.39, 0.29) is 23.5 Å². The molecule has 1 aliphatic heterocycles. The monoisotopic (exact) mass is 466 g/mol. The molecule has 1 amide bonds. The Labute approximate surface area is 188 Å². The van der Waals surface area contributed by atoms with Gasteiger partial charge in [0.1, 0.15) is 0 Å². The Balaban J connectivity index is 1.76. The first-order valence-corrected chi connectivity index (χ1v) is 11.8. The van der Waals surface area contributed by atoms with E-state index in [9.17, 15) is 13.2 Å². The van der Waals surface area contributed by atoms with Gasteiger partial charge in [0.25, 0.3) is 10.0 Å². The number of hydrogen-bond acceptors (Lipinski definition) is 7. The van der Waals surface area contributed by atoms with Gasteiger partial charge in [-0.3, -0.25) is 4.79 Å². The number of nitrogens with one attached hydrogen (secondary N) is 1. The highest BCUT2D eigenvalue weighted by molar-refractivity contribution is 7.89. The average Bonchev–Trinajstić information content (AvgIpc) is 3.30. The quantitative estimate of drug-likeness (QED) is 0.636. The number of amides is 1. The molecule has 0 radical (unpaired) electrons. The average molecular weight is 467 g/mol. The molecule has 3 rings (SSSR count). The number of carbonyl (C=O) groups is 1. The van der Waals surface area contributed by atoms with Crippen molar-refractivity contribution in [2.75, 3.05) is 39.7 Å². The molecule has 1 atom stereocenters. The van der Waals surface area contributed by atoms with Crippen LogP contribution in [-0.4, -0.2) is 62.6 Å². The molecular formula is C21H30N4O6S. The lowest BCUT2D eigenvalue weighted by atomic mass is 9.98. The van der Waals surface area contributed by atoms with Gasteiger partial charge in [0, 0.05) is 43.1 Å². The molecule has 1 unspecified atom stereocenters. The lowest BCUT2D eigenvalue weighted by molar-refractivity contribution is -0.120. The van der Waals surface area contributed by atoms with Crippen LogP contribution in [0.15, 0.2) is 29.7 Å². The maximum atomic E-state index is 13.1. The number of piperidine rings is 1. The third kappa shape index (κ3) is 4.83. The van der Waals surface area contributed by atoms with Gasteiger partial charge in [-0.1, -0.05) is 0 Å². The molecule has 2 aromatic rings. The van der Waals surface area contributed by atoms with Crippen molar-refractivity contribution < 1.29 is 27.4 Å². The molecular weight excluding hydrogens is 436 g/mol. The van der Waals surface area contributed by atoms with Crippen LogP contribution in [0.1, 0.15) is 32.7 Å². The van der Waals surface area contributed by atoms with E-state index in [0.717, 1.165) is 0 Å². The number of carbonyl (C=O) groups excluding carboxylic acids is 1. The van der Waals surface area contributed by atoms with E-state index in [1.165, 1.54) is 38.2 Å². The Morgan fingerprint density at radius 3 is 2.34 bits per heavy atom. The largest absolute Gasteiger partial charge is 0.493 e. The molecule has 32 heavy (non-hydrogen) atoms. The number of ether oxygens (including phenoxy) is 3. The summed E-state index contributed by atoms with van der Waals surface area (Å²) < 4.78 is 45.1. The number of methoxy groups -OCH3 is 3. The maximum Gasteiger partial charge on any atom is 0.262 e. The fourth-order valence-electron chi connectivity index (χ4n) is 3.64. The number of imidazole rings is 1. The van der Waals surface area contributed by atoms with E-state index in [1.807, 2.05) is 13.8 Å². The van der Waals surface area contributed by atoms with E-state index in [4.69, 9.17) is 14.2 Å². The van der Waals surface area contributed by atoms with Crippen LogP contribution >= 0.6 is 0 Å². The predicted octanol–water partition coefficient (Wildman–Crippen LogP) is 2.53. The summed E-state index contributed by atoms with van der Waals surface area (Å²) in [5.74, 6) is 0.479. The second-order valence-electron chi connectivity index (χ2n) is 7.86. The van der Waals surface area contributed by atoms with Crippen molar-refractivity contribution >= 4 is 21.6 Å². The molecule has 1 fully saturated rings. The topological polar surface area (TPSA) is 112 Å². The Bertz CT molecular complexity index is 1040. The number of sulfonamides is 1. The SMILES string of the molecule is COc1cc(NC(=O)C2CCCN(S(=O)(=O)c3cn(C(C)C)cn3)C2)cc(OC)c1OC. The molecule has 1 aromatic carbocycles. The van der Waals surface area contributed by atoms with Crippen LogP contribution in [0.2, 0.25) is 0 Å². The Morgan fingerprint density at radius 2 is 1.81 bits per heavy atom. The van der Waals surface area contributed by atoms with Crippen LogP contribution < -0.4 is 19.5 Å². The number of rotatable bonds is 8. The molecule has 176 valence electrons. The van der Waals surface area contributed by atoms with Crippen molar-refractivity contribution in [1.29, 1.82) is 0 Å².